The summed E-state index contributed by atoms with van der Waals surface area (Å²) >= 11 is 0. The lowest BCUT2D eigenvalue weighted by atomic mass is 10.0. The van der Waals surface area contributed by atoms with Crippen LogP contribution >= 0.6 is 7.82 Å². The number of carbonyl (C=O) groups excluding carboxylic acids is 2. The van der Waals surface area contributed by atoms with E-state index in [0.29, 0.717) is 6.42 Å². The Morgan fingerprint density at radius 2 is 0.843 bits per heavy atom. The number of phosphoric acid groups is 1. The second-order valence-corrected chi connectivity index (χ2v) is 16.0. The van der Waals surface area contributed by atoms with Crippen molar-refractivity contribution in [3.63, 3.8) is 0 Å². The van der Waals surface area contributed by atoms with Gasteiger partial charge in [-0.15, -0.1) is 0 Å². The maximum absolute atomic E-state index is 12.6. The second kappa shape index (κ2) is 38.7. The van der Waals surface area contributed by atoms with Gasteiger partial charge in [0, 0.05) is 19.4 Å². The Labute approximate surface area is 314 Å². The van der Waals surface area contributed by atoms with E-state index in [0.717, 1.165) is 32.1 Å². The lowest BCUT2D eigenvalue weighted by Gasteiger charge is -2.19. The average molecular weight is 748 g/mol. The molecule has 9 nitrogen and oxygen atoms in total. The molecule has 1 unspecified atom stereocenters. The molecule has 0 aliphatic carbocycles. The summed E-state index contributed by atoms with van der Waals surface area (Å²) in [7, 11) is -4.36. The SMILES string of the molecule is CCCCCCCCCCCCCCCCCCCCC(=O)O[C@H](COC(=O)CCCCCCCCCCCCCC)COP(=O)(O)OCCN. The third-order valence-corrected chi connectivity index (χ3v) is 10.5. The highest BCUT2D eigenvalue weighted by Crippen LogP contribution is 2.43. The molecule has 0 aromatic carbocycles. The third kappa shape index (κ3) is 38.5. The molecule has 3 N–H and O–H groups in total. The number of carbonyl (C=O) groups is 2. The Bertz CT molecular complexity index is 815. The van der Waals surface area contributed by atoms with E-state index in [1.165, 1.54) is 154 Å². The van der Waals surface area contributed by atoms with Gasteiger partial charge in [0.25, 0.3) is 0 Å². The molecule has 0 bridgehead atoms. The Hall–Kier alpha value is -0.990. The number of ether oxygens (including phenoxy) is 2. The second-order valence-electron chi connectivity index (χ2n) is 14.6. The minimum Gasteiger partial charge on any atom is -0.462 e. The molecule has 0 aliphatic heterocycles. The highest BCUT2D eigenvalue weighted by Gasteiger charge is 2.26. The van der Waals surface area contributed by atoms with Crippen molar-refractivity contribution in [2.45, 2.75) is 225 Å². The number of rotatable bonds is 41. The number of esters is 2. The smallest absolute Gasteiger partial charge is 0.462 e. The van der Waals surface area contributed by atoms with Crippen molar-refractivity contribution in [1.82, 2.24) is 0 Å². The van der Waals surface area contributed by atoms with Crippen LogP contribution < -0.4 is 5.73 Å². The maximum atomic E-state index is 12.6. The fourth-order valence-electron chi connectivity index (χ4n) is 6.28. The van der Waals surface area contributed by atoms with Crippen LogP contribution in [0.25, 0.3) is 0 Å². The van der Waals surface area contributed by atoms with Crippen molar-refractivity contribution in [3.05, 3.63) is 0 Å². The van der Waals surface area contributed by atoms with Gasteiger partial charge in [0.05, 0.1) is 13.2 Å². The Kier molecular flexibility index (Phi) is 38.0. The summed E-state index contributed by atoms with van der Waals surface area (Å²) < 4.78 is 32.7. The van der Waals surface area contributed by atoms with Crippen LogP contribution in [0.1, 0.15) is 219 Å². The minimum absolute atomic E-state index is 0.0580. The predicted octanol–water partition coefficient (Wildman–Crippen LogP) is 12.1. The number of phosphoric ester groups is 1. The quantitative estimate of drug-likeness (QED) is 0.0356. The summed E-state index contributed by atoms with van der Waals surface area (Å²) in [6.45, 7) is 3.76. The van der Waals surface area contributed by atoms with Crippen LogP contribution in [0.2, 0.25) is 0 Å². The van der Waals surface area contributed by atoms with Crippen LogP contribution in [0.3, 0.4) is 0 Å². The molecule has 0 saturated carbocycles. The normalized spacial score (nSPS) is 13.3. The lowest BCUT2D eigenvalue weighted by molar-refractivity contribution is -0.161. The van der Waals surface area contributed by atoms with Gasteiger partial charge in [-0.3, -0.25) is 18.6 Å². The van der Waals surface area contributed by atoms with Gasteiger partial charge in [-0.25, -0.2) is 4.57 Å². The largest absolute Gasteiger partial charge is 0.472 e. The van der Waals surface area contributed by atoms with E-state index in [2.05, 4.69) is 13.8 Å². The van der Waals surface area contributed by atoms with Gasteiger partial charge in [0.1, 0.15) is 6.61 Å². The van der Waals surface area contributed by atoms with Crippen molar-refractivity contribution in [2.24, 2.45) is 5.73 Å². The molecule has 0 fully saturated rings. The molecule has 0 saturated heterocycles. The summed E-state index contributed by atoms with van der Waals surface area (Å²) in [4.78, 5) is 34.8. The molecule has 0 aliphatic rings. The molecule has 304 valence electrons. The predicted molar refractivity (Wildman–Crippen MR) is 211 cm³/mol. The molecule has 51 heavy (non-hydrogen) atoms. The first-order chi connectivity index (χ1) is 24.8. The minimum atomic E-state index is -4.36. The Morgan fingerprint density at radius 3 is 1.20 bits per heavy atom. The Balaban J connectivity index is 4.09. The number of nitrogens with two attached hydrogens (primary N) is 1. The van der Waals surface area contributed by atoms with Crippen LogP contribution in [-0.4, -0.2) is 49.3 Å². The zero-order valence-corrected chi connectivity index (χ0v) is 34.3. The zero-order chi connectivity index (χ0) is 37.5. The van der Waals surface area contributed by atoms with E-state index >= 15 is 0 Å². The monoisotopic (exact) mass is 748 g/mol. The molecule has 10 heteroatoms. The van der Waals surface area contributed by atoms with Crippen LogP contribution in [0.5, 0.6) is 0 Å². The van der Waals surface area contributed by atoms with Crippen molar-refractivity contribution in [2.75, 3.05) is 26.4 Å². The van der Waals surface area contributed by atoms with Crippen molar-refractivity contribution in [1.29, 1.82) is 0 Å². The molecule has 0 radical (unpaired) electrons. The summed E-state index contributed by atoms with van der Waals surface area (Å²) in [6.07, 6.45) is 37.0. The average Bonchev–Trinajstić information content (AvgIpc) is 3.11. The topological polar surface area (TPSA) is 134 Å². The van der Waals surface area contributed by atoms with Crippen LogP contribution in [0, 0.1) is 0 Å². The van der Waals surface area contributed by atoms with E-state index < -0.39 is 26.5 Å². The Morgan fingerprint density at radius 1 is 0.510 bits per heavy atom. The fourth-order valence-corrected chi connectivity index (χ4v) is 7.05. The van der Waals surface area contributed by atoms with E-state index in [9.17, 15) is 19.0 Å². The van der Waals surface area contributed by atoms with Gasteiger partial charge in [-0.2, -0.15) is 0 Å². The van der Waals surface area contributed by atoms with Crippen LogP contribution in [-0.2, 0) is 32.7 Å². The zero-order valence-electron chi connectivity index (χ0n) is 33.4. The van der Waals surface area contributed by atoms with E-state index in [1.54, 1.807) is 0 Å². The fraction of sp³-hybridized carbons (Fsp3) is 0.951. The van der Waals surface area contributed by atoms with Gasteiger partial charge >= 0.3 is 19.8 Å². The maximum Gasteiger partial charge on any atom is 0.472 e. The molecule has 2 atom stereocenters. The first-order valence-electron chi connectivity index (χ1n) is 21.5. The summed E-state index contributed by atoms with van der Waals surface area (Å²) in [6, 6.07) is 0. The van der Waals surface area contributed by atoms with Crippen molar-refractivity contribution < 1.29 is 37.6 Å². The van der Waals surface area contributed by atoms with E-state index in [1.807, 2.05) is 0 Å². The van der Waals surface area contributed by atoms with E-state index in [4.69, 9.17) is 24.3 Å². The van der Waals surface area contributed by atoms with Crippen LogP contribution in [0.4, 0.5) is 0 Å². The summed E-state index contributed by atoms with van der Waals surface area (Å²) in [5.74, 6) is -0.814. The molecule has 0 aromatic heterocycles. The first-order valence-corrected chi connectivity index (χ1v) is 23.0. The van der Waals surface area contributed by atoms with Crippen LogP contribution in [0.15, 0.2) is 0 Å². The molecule has 0 spiro atoms. The molecular weight excluding hydrogens is 665 g/mol. The van der Waals surface area contributed by atoms with Gasteiger partial charge < -0.3 is 20.1 Å². The van der Waals surface area contributed by atoms with Gasteiger partial charge in [0.2, 0.25) is 0 Å². The molecular formula is C41H82NO8P. The standard InChI is InChI=1S/C41H82NO8P/c1-3-5-7-9-11-13-15-17-18-19-20-21-22-24-26-28-30-32-34-41(44)50-39(38-49-51(45,46)48-36-35-42)37-47-40(43)33-31-29-27-25-23-16-14-12-10-8-6-4-2/h39H,3-38,42H2,1-2H3,(H,45,46)/t39-/m1/s1. The van der Waals surface area contributed by atoms with Crippen molar-refractivity contribution in [3.8, 4) is 0 Å². The molecule has 0 amide bonds. The summed E-state index contributed by atoms with van der Waals surface area (Å²) in [5.41, 5.74) is 5.34. The van der Waals surface area contributed by atoms with Gasteiger partial charge in [-0.05, 0) is 12.8 Å². The van der Waals surface area contributed by atoms with Crippen molar-refractivity contribution >= 4 is 19.8 Å². The van der Waals surface area contributed by atoms with Gasteiger partial charge in [-0.1, -0.05) is 194 Å². The third-order valence-electron chi connectivity index (χ3n) is 9.49. The number of unbranched alkanes of at least 4 members (excludes halogenated alkanes) is 28. The first kappa shape index (κ1) is 50.0. The van der Waals surface area contributed by atoms with Gasteiger partial charge in [0.15, 0.2) is 6.10 Å². The highest BCUT2D eigenvalue weighted by molar-refractivity contribution is 7.47. The number of hydrogen-bond donors (Lipinski definition) is 2. The van der Waals surface area contributed by atoms with E-state index in [-0.39, 0.29) is 38.6 Å². The highest BCUT2D eigenvalue weighted by atomic mass is 31.2. The lowest BCUT2D eigenvalue weighted by Crippen LogP contribution is -2.29. The number of hydrogen-bond acceptors (Lipinski definition) is 8. The molecule has 0 rings (SSSR count). The molecule has 0 aromatic rings. The summed E-state index contributed by atoms with van der Waals surface area (Å²) in [5, 5.41) is 0. The molecule has 0 heterocycles.